The maximum absolute atomic E-state index is 3.80. The Morgan fingerprint density at radius 2 is 1.72 bits per heavy atom. The molecule has 18 heavy (non-hydrogen) atoms. The van der Waals surface area contributed by atoms with Gasteiger partial charge in [0, 0.05) is 9.30 Å². The number of alkyl halides is 1. The molecule has 0 saturated heterocycles. The molecule has 0 aromatic heterocycles. The van der Waals surface area contributed by atoms with E-state index in [2.05, 4.69) is 88.2 Å². The van der Waals surface area contributed by atoms with Crippen LogP contribution in [0.15, 0.2) is 46.9 Å². The minimum Gasteiger partial charge on any atom is -0.0835 e. The lowest BCUT2D eigenvalue weighted by atomic mass is 10.00. The molecule has 0 aliphatic heterocycles. The maximum Gasteiger partial charge on any atom is 0.0435 e. The van der Waals surface area contributed by atoms with Crippen molar-refractivity contribution in [3.8, 4) is 0 Å². The molecule has 2 aromatic rings. The van der Waals surface area contributed by atoms with Crippen molar-refractivity contribution in [1.29, 1.82) is 0 Å². The molecule has 0 aliphatic rings. The van der Waals surface area contributed by atoms with Gasteiger partial charge in [0.25, 0.3) is 0 Å². The molecule has 2 rings (SSSR count). The van der Waals surface area contributed by atoms with Crippen LogP contribution in [0.3, 0.4) is 0 Å². The summed E-state index contributed by atoms with van der Waals surface area (Å²) in [7, 11) is 0. The molecular weight excluding hydrogens is 352 g/mol. The lowest BCUT2D eigenvalue weighted by molar-refractivity contribution is 0.936. The molecule has 0 aliphatic carbocycles. The Morgan fingerprint density at radius 3 is 2.39 bits per heavy atom. The third-order valence-corrected chi connectivity index (χ3v) is 4.95. The highest BCUT2D eigenvalue weighted by atomic mass is 79.9. The van der Waals surface area contributed by atoms with Crippen LogP contribution in [-0.2, 0) is 6.42 Å². The molecule has 2 heteroatoms. The molecule has 2 aromatic carbocycles. The van der Waals surface area contributed by atoms with Crippen molar-refractivity contribution >= 4 is 31.9 Å². The average molecular weight is 368 g/mol. The zero-order valence-corrected chi connectivity index (χ0v) is 13.8. The second kappa shape index (κ2) is 6.03. The van der Waals surface area contributed by atoms with Crippen molar-refractivity contribution in [1.82, 2.24) is 0 Å². The molecule has 0 saturated carbocycles. The third-order valence-electron chi connectivity index (χ3n) is 3.20. The van der Waals surface area contributed by atoms with E-state index in [9.17, 15) is 0 Å². The first-order valence-corrected chi connectivity index (χ1v) is 7.73. The Hall–Kier alpha value is -0.600. The first-order chi connectivity index (χ1) is 8.58. The second-order valence-electron chi connectivity index (χ2n) is 4.61. The quantitative estimate of drug-likeness (QED) is 0.606. The minimum absolute atomic E-state index is 0.366. The van der Waals surface area contributed by atoms with E-state index in [1.807, 2.05) is 0 Å². The highest BCUT2D eigenvalue weighted by Gasteiger charge is 2.10. The van der Waals surface area contributed by atoms with Gasteiger partial charge in [-0.1, -0.05) is 68.3 Å². The fourth-order valence-corrected chi connectivity index (χ4v) is 2.89. The lowest BCUT2D eigenvalue weighted by Crippen LogP contribution is -1.98. The van der Waals surface area contributed by atoms with E-state index in [0.717, 1.165) is 6.42 Å². The molecule has 0 radical (unpaired) electrons. The summed E-state index contributed by atoms with van der Waals surface area (Å²) in [5.74, 6) is 0. The molecule has 0 nitrogen and oxygen atoms in total. The van der Waals surface area contributed by atoms with E-state index in [1.165, 1.54) is 26.7 Å². The van der Waals surface area contributed by atoms with Crippen LogP contribution in [0, 0.1) is 13.8 Å². The zero-order chi connectivity index (χ0) is 13.1. The molecule has 1 atom stereocenters. The van der Waals surface area contributed by atoms with Gasteiger partial charge in [0.2, 0.25) is 0 Å². The summed E-state index contributed by atoms with van der Waals surface area (Å²) >= 11 is 7.34. The molecule has 0 spiro atoms. The smallest absolute Gasteiger partial charge is 0.0435 e. The van der Waals surface area contributed by atoms with Crippen LogP contribution >= 0.6 is 31.9 Å². The lowest BCUT2D eigenvalue weighted by Gasteiger charge is -2.13. The Bertz CT molecular complexity index is 547. The SMILES string of the molecule is Cc1cc(C(Br)Cc2ccccc2C)ccc1Br. The van der Waals surface area contributed by atoms with E-state index in [-0.39, 0.29) is 0 Å². The van der Waals surface area contributed by atoms with Crippen LogP contribution in [0.25, 0.3) is 0 Å². The minimum atomic E-state index is 0.366. The topological polar surface area (TPSA) is 0 Å². The first-order valence-electron chi connectivity index (χ1n) is 6.02. The first kappa shape index (κ1) is 13.8. The zero-order valence-electron chi connectivity index (χ0n) is 10.6. The van der Waals surface area contributed by atoms with Crippen molar-refractivity contribution in [2.75, 3.05) is 0 Å². The Labute approximate surface area is 126 Å². The number of benzene rings is 2. The molecule has 0 amide bonds. The Morgan fingerprint density at radius 1 is 1.00 bits per heavy atom. The van der Waals surface area contributed by atoms with E-state index in [1.54, 1.807) is 0 Å². The molecule has 0 bridgehead atoms. The third kappa shape index (κ3) is 3.24. The highest BCUT2D eigenvalue weighted by Crippen LogP contribution is 2.30. The van der Waals surface area contributed by atoms with Crippen molar-refractivity contribution in [3.63, 3.8) is 0 Å². The Kier molecular flexibility index (Phi) is 4.63. The summed E-state index contributed by atoms with van der Waals surface area (Å²) in [5, 5.41) is 0. The number of aryl methyl sites for hydroxylation is 2. The molecule has 94 valence electrons. The normalized spacial score (nSPS) is 12.4. The van der Waals surface area contributed by atoms with Crippen LogP contribution in [0.5, 0.6) is 0 Å². The summed E-state index contributed by atoms with van der Waals surface area (Å²) in [6.45, 7) is 4.29. The molecular formula is C16H16Br2. The van der Waals surface area contributed by atoms with Crippen LogP contribution in [0.4, 0.5) is 0 Å². The predicted octanol–water partition coefficient (Wildman–Crippen LogP) is 5.74. The van der Waals surface area contributed by atoms with Gasteiger partial charge in [-0.25, -0.2) is 0 Å². The molecule has 0 N–H and O–H groups in total. The summed E-state index contributed by atoms with van der Waals surface area (Å²) in [5.41, 5.74) is 5.37. The average Bonchev–Trinajstić information content (AvgIpc) is 2.35. The summed E-state index contributed by atoms with van der Waals surface area (Å²) < 4.78 is 1.17. The monoisotopic (exact) mass is 366 g/mol. The van der Waals surface area contributed by atoms with Gasteiger partial charge >= 0.3 is 0 Å². The van der Waals surface area contributed by atoms with Gasteiger partial charge in [0.15, 0.2) is 0 Å². The van der Waals surface area contributed by atoms with Crippen LogP contribution in [0.2, 0.25) is 0 Å². The predicted molar refractivity (Wildman–Crippen MR) is 85.4 cm³/mol. The van der Waals surface area contributed by atoms with Crippen molar-refractivity contribution in [2.45, 2.75) is 25.1 Å². The van der Waals surface area contributed by atoms with Gasteiger partial charge in [0.05, 0.1) is 0 Å². The van der Waals surface area contributed by atoms with Gasteiger partial charge in [-0.2, -0.15) is 0 Å². The molecule has 0 fully saturated rings. The summed E-state index contributed by atoms with van der Waals surface area (Å²) in [6, 6.07) is 15.1. The number of hydrogen-bond donors (Lipinski definition) is 0. The summed E-state index contributed by atoms with van der Waals surface area (Å²) in [4.78, 5) is 0.366. The summed E-state index contributed by atoms with van der Waals surface area (Å²) in [6.07, 6.45) is 1.02. The largest absolute Gasteiger partial charge is 0.0835 e. The van der Waals surface area contributed by atoms with E-state index >= 15 is 0 Å². The van der Waals surface area contributed by atoms with Crippen LogP contribution in [0.1, 0.15) is 27.1 Å². The Balaban J connectivity index is 2.19. The van der Waals surface area contributed by atoms with Gasteiger partial charge in [0.1, 0.15) is 0 Å². The molecule has 0 heterocycles. The number of halogens is 2. The maximum atomic E-state index is 3.80. The van der Waals surface area contributed by atoms with Gasteiger partial charge in [-0.05, 0) is 48.6 Å². The van der Waals surface area contributed by atoms with Gasteiger partial charge in [-0.15, -0.1) is 0 Å². The highest BCUT2D eigenvalue weighted by molar-refractivity contribution is 9.10. The van der Waals surface area contributed by atoms with Crippen LogP contribution in [-0.4, -0.2) is 0 Å². The second-order valence-corrected chi connectivity index (χ2v) is 6.57. The van der Waals surface area contributed by atoms with Crippen molar-refractivity contribution in [2.24, 2.45) is 0 Å². The van der Waals surface area contributed by atoms with E-state index in [0.29, 0.717) is 4.83 Å². The van der Waals surface area contributed by atoms with E-state index in [4.69, 9.17) is 0 Å². The van der Waals surface area contributed by atoms with Crippen LogP contribution < -0.4 is 0 Å². The number of rotatable bonds is 3. The van der Waals surface area contributed by atoms with Gasteiger partial charge in [-0.3, -0.25) is 0 Å². The van der Waals surface area contributed by atoms with Crippen molar-refractivity contribution in [3.05, 3.63) is 69.2 Å². The van der Waals surface area contributed by atoms with Crippen molar-refractivity contribution < 1.29 is 0 Å². The molecule has 1 unspecified atom stereocenters. The number of hydrogen-bond acceptors (Lipinski definition) is 0. The van der Waals surface area contributed by atoms with E-state index < -0.39 is 0 Å². The fourth-order valence-electron chi connectivity index (χ4n) is 2.01. The standard InChI is InChI=1S/C16H16Br2/c1-11-5-3-4-6-13(11)10-16(18)14-7-8-15(17)12(2)9-14/h3-9,16H,10H2,1-2H3. The fraction of sp³-hybridized carbons (Fsp3) is 0.250. The van der Waals surface area contributed by atoms with Gasteiger partial charge < -0.3 is 0 Å².